The number of benzene rings is 1. The number of piperidine rings is 1. The third kappa shape index (κ3) is 6.80. The third-order valence-corrected chi connectivity index (χ3v) is 9.16. The molecule has 3 heterocycles. The lowest BCUT2D eigenvalue weighted by Gasteiger charge is -2.32. The molecule has 220 valence electrons. The van der Waals surface area contributed by atoms with Crippen molar-refractivity contribution in [2.75, 3.05) is 26.7 Å². The second-order valence-electron chi connectivity index (χ2n) is 11.9. The number of nitrogens with one attached hydrogen (secondary N) is 2. The molecule has 2 atom stereocenters. The lowest BCUT2D eigenvalue weighted by molar-refractivity contribution is -0.124. The standard InChI is InChI=1S/C33H45N5O3/c1-4-17-38-18-15-33(16-19-38)21-26(33)31(40)36-28(14-8-6-7-12-24(39)5-2)30-34-22-29(35-30)25-20-23-11-9-10-13-27(23)37-32(25)41-3/h9-11,13,20,22,26,28H,4-8,12,14-19,21H2,1-3H3,(H,34,35)(H,36,40)/t26-,28+/m1/s1. The Kier molecular flexibility index (Phi) is 9.38. The molecule has 0 radical (unpaired) electrons. The van der Waals surface area contributed by atoms with Crippen LogP contribution in [0.1, 0.15) is 89.9 Å². The summed E-state index contributed by atoms with van der Waals surface area (Å²) in [5, 5.41) is 4.40. The zero-order valence-electron chi connectivity index (χ0n) is 24.9. The number of aromatic nitrogens is 3. The molecule has 1 aliphatic carbocycles. The normalized spacial score (nSPS) is 18.9. The van der Waals surface area contributed by atoms with Gasteiger partial charge in [-0.3, -0.25) is 9.59 Å². The first-order valence-electron chi connectivity index (χ1n) is 15.5. The van der Waals surface area contributed by atoms with Crippen molar-refractivity contribution in [3.05, 3.63) is 42.4 Å². The summed E-state index contributed by atoms with van der Waals surface area (Å²) in [6, 6.07) is 9.82. The molecule has 41 heavy (non-hydrogen) atoms. The van der Waals surface area contributed by atoms with Crippen molar-refractivity contribution < 1.29 is 14.3 Å². The Morgan fingerprint density at radius 2 is 1.98 bits per heavy atom. The first kappa shape index (κ1) is 29.2. The van der Waals surface area contributed by atoms with Gasteiger partial charge in [0.05, 0.1) is 36.1 Å². The Balaban J connectivity index is 1.30. The number of carbonyl (C=O) groups excluding carboxylic acids is 2. The summed E-state index contributed by atoms with van der Waals surface area (Å²) < 4.78 is 5.63. The van der Waals surface area contributed by atoms with Gasteiger partial charge in [0, 0.05) is 24.1 Å². The summed E-state index contributed by atoms with van der Waals surface area (Å²) in [5.74, 6) is 1.85. The summed E-state index contributed by atoms with van der Waals surface area (Å²) in [7, 11) is 1.63. The van der Waals surface area contributed by atoms with Crippen LogP contribution in [-0.2, 0) is 9.59 Å². The fraction of sp³-hybridized carbons (Fsp3) is 0.576. The van der Waals surface area contributed by atoms with E-state index in [1.807, 2.05) is 37.4 Å². The maximum atomic E-state index is 13.6. The van der Waals surface area contributed by atoms with Gasteiger partial charge in [-0.15, -0.1) is 0 Å². The zero-order valence-corrected chi connectivity index (χ0v) is 24.9. The molecule has 2 N–H and O–H groups in total. The molecule has 1 saturated carbocycles. The highest BCUT2D eigenvalue weighted by molar-refractivity contribution is 5.85. The van der Waals surface area contributed by atoms with Gasteiger partial charge in [0.1, 0.15) is 11.6 Å². The van der Waals surface area contributed by atoms with Gasteiger partial charge in [-0.05, 0) is 75.7 Å². The summed E-state index contributed by atoms with van der Waals surface area (Å²) in [6.07, 6.45) is 11.0. The van der Waals surface area contributed by atoms with Gasteiger partial charge in [0.2, 0.25) is 11.8 Å². The number of nitrogens with zero attached hydrogens (tertiary/aromatic N) is 3. The fourth-order valence-electron chi connectivity index (χ4n) is 6.48. The van der Waals surface area contributed by atoms with E-state index >= 15 is 0 Å². The van der Waals surface area contributed by atoms with Crippen LogP contribution in [-0.4, -0.2) is 58.3 Å². The predicted molar refractivity (Wildman–Crippen MR) is 162 cm³/mol. The monoisotopic (exact) mass is 559 g/mol. The number of aromatic amines is 1. The number of imidazole rings is 1. The molecule has 3 aromatic rings. The number of para-hydroxylation sites is 1. The van der Waals surface area contributed by atoms with Crippen LogP contribution in [0.5, 0.6) is 5.88 Å². The minimum atomic E-state index is -0.213. The number of amides is 1. The largest absolute Gasteiger partial charge is 0.480 e. The van der Waals surface area contributed by atoms with Gasteiger partial charge in [0.25, 0.3) is 0 Å². The molecule has 1 aromatic carbocycles. The molecule has 1 saturated heterocycles. The van der Waals surface area contributed by atoms with E-state index in [-0.39, 0.29) is 23.3 Å². The third-order valence-electron chi connectivity index (χ3n) is 9.16. The van der Waals surface area contributed by atoms with Gasteiger partial charge >= 0.3 is 0 Å². The molecule has 5 rings (SSSR count). The number of H-pyrrole nitrogens is 1. The van der Waals surface area contributed by atoms with Crippen molar-refractivity contribution in [1.82, 2.24) is 25.2 Å². The van der Waals surface area contributed by atoms with Crippen LogP contribution in [0.25, 0.3) is 22.2 Å². The van der Waals surface area contributed by atoms with Crippen molar-refractivity contribution in [1.29, 1.82) is 0 Å². The highest BCUT2D eigenvalue weighted by atomic mass is 16.5. The van der Waals surface area contributed by atoms with Gasteiger partial charge in [-0.1, -0.05) is 44.9 Å². The molecule has 1 amide bonds. The smallest absolute Gasteiger partial charge is 0.224 e. The minimum Gasteiger partial charge on any atom is -0.480 e. The van der Waals surface area contributed by atoms with Gasteiger partial charge < -0.3 is 19.9 Å². The van der Waals surface area contributed by atoms with E-state index in [1.54, 1.807) is 7.11 Å². The Morgan fingerprint density at radius 1 is 1.17 bits per heavy atom. The van der Waals surface area contributed by atoms with Crippen LogP contribution in [0, 0.1) is 11.3 Å². The molecule has 0 unspecified atom stereocenters. The Labute approximate surface area is 243 Å². The number of hydrogen-bond acceptors (Lipinski definition) is 6. The van der Waals surface area contributed by atoms with Gasteiger partial charge in [-0.2, -0.15) is 0 Å². The zero-order chi connectivity index (χ0) is 28.8. The molecule has 8 nitrogen and oxygen atoms in total. The molecule has 1 aliphatic heterocycles. The van der Waals surface area contributed by atoms with Crippen molar-refractivity contribution in [2.45, 2.75) is 84.1 Å². The van der Waals surface area contributed by atoms with Crippen molar-refractivity contribution in [3.63, 3.8) is 0 Å². The van der Waals surface area contributed by atoms with E-state index in [2.05, 4.69) is 33.2 Å². The number of Topliss-reactive ketones (excluding diaryl/α,β-unsaturated/α-hetero) is 1. The molecule has 2 aliphatic rings. The summed E-state index contributed by atoms with van der Waals surface area (Å²) in [4.78, 5) is 40.8. The van der Waals surface area contributed by atoms with Crippen molar-refractivity contribution in [3.8, 4) is 17.1 Å². The van der Waals surface area contributed by atoms with Crippen molar-refractivity contribution >= 4 is 22.6 Å². The molecule has 8 heteroatoms. The highest BCUT2D eigenvalue weighted by Crippen LogP contribution is 2.59. The Morgan fingerprint density at radius 3 is 2.73 bits per heavy atom. The first-order chi connectivity index (χ1) is 20.0. The molecule has 1 spiro atoms. The molecule has 2 aromatic heterocycles. The summed E-state index contributed by atoms with van der Waals surface area (Å²) in [6.45, 7) is 7.49. The SMILES string of the molecule is CCCN1CCC2(CC1)C[C@@H]2C(=O)N[C@@H](CCCCCC(=O)CC)c1ncc(-c2cc3ccccc3nc2OC)[nH]1. The van der Waals surface area contributed by atoms with E-state index < -0.39 is 0 Å². The number of fused-ring (bicyclic) bond motifs is 1. The Hall–Kier alpha value is -3.26. The van der Waals surface area contributed by atoms with E-state index in [9.17, 15) is 9.59 Å². The van der Waals surface area contributed by atoms with Crippen LogP contribution in [0.15, 0.2) is 36.5 Å². The van der Waals surface area contributed by atoms with Gasteiger partial charge in [-0.25, -0.2) is 9.97 Å². The molecule has 2 fully saturated rings. The first-order valence-corrected chi connectivity index (χ1v) is 15.5. The number of rotatable bonds is 14. The molecule has 0 bridgehead atoms. The second-order valence-corrected chi connectivity index (χ2v) is 11.9. The lowest BCUT2D eigenvalue weighted by atomic mass is 9.90. The summed E-state index contributed by atoms with van der Waals surface area (Å²) >= 11 is 0. The fourth-order valence-corrected chi connectivity index (χ4v) is 6.48. The van der Waals surface area contributed by atoms with E-state index in [1.165, 1.54) is 6.42 Å². The number of likely N-dealkylation sites (tertiary alicyclic amines) is 1. The minimum absolute atomic E-state index is 0.0927. The second kappa shape index (κ2) is 13.1. The van der Waals surface area contributed by atoms with Crippen LogP contribution in [0.3, 0.4) is 0 Å². The number of hydrogen-bond donors (Lipinski definition) is 2. The van der Waals surface area contributed by atoms with Crippen molar-refractivity contribution in [2.24, 2.45) is 11.3 Å². The number of unbranched alkanes of at least 4 members (excludes halogenated alkanes) is 2. The van der Waals surface area contributed by atoms with Crippen LogP contribution < -0.4 is 10.1 Å². The average molecular weight is 560 g/mol. The number of ether oxygens (including phenoxy) is 1. The highest BCUT2D eigenvalue weighted by Gasteiger charge is 2.58. The molecular weight excluding hydrogens is 514 g/mol. The topological polar surface area (TPSA) is 100 Å². The number of pyridine rings is 1. The lowest BCUT2D eigenvalue weighted by Crippen LogP contribution is -2.38. The molecular formula is C33H45N5O3. The average Bonchev–Trinajstić information content (AvgIpc) is 3.47. The quantitative estimate of drug-likeness (QED) is 0.227. The van der Waals surface area contributed by atoms with Crippen LogP contribution in [0.2, 0.25) is 0 Å². The van der Waals surface area contributed by atoms with E-state index in [0.717, 1.165) is 92.6 Å². The number of carbonyl (C=O) groups is 2. The maximum absolute atomic E-state index is 13.6. The van der Waals surface area contributed by atoms with E-state index in [0.29, 0.717) is 24.5 Å². The Bertz CT molecular complexity index is 1340. The predicted octanol–water partition coefficient (Wildman–Crippen LogP) is 6.23. The van der Waals surface area contributed by atoms with Crippen LogP contribution in [0.4, 0.5) is 0 Å². The van der Waals surface area contributed by atoms with Crippen LogP contribution >= 0.6 is 0 Å². The summed E-state index contributed by atoms with van der Waals surface area (Å²) in [5.41, 5.74) is 2.71. The maximum Gasteiger partial charge on any atom is 0.224 e. The van der Waals surface area contributed by atoms with E-state index in [4.69, 9.17) is 9.72 Å². The number of ketones is 1. The van der Waals surface area contributed by atoms with Gasteiger partial charge in [0.15, 0.2) is 0 Å². The number of methoxy groups -OCH3 is 1.